The molecule has 0 N–H and O–H groups in total. The largest absolute Gasteiger partial charge is 4.00 e. The average molecular weight is 442 g/mol. The van der Waals surface area contributed by atoms with Crippen molar-refractivity contribution in [3.8, 4) is 0 Å². The van der Waals surface area contributed by atoms with Gasteiger partial charge in [-0.15, -0.1) is 0 Å². The molecule has 0 nitrogen and oxygen atoms in total. The fourth-order valence-electron chi connectivity index (χ4n) is 3.42. The maximum absolute atomic E-state index is 3.46. The minimum absolute atomic E-state index is 0. The summed E-state index contributed by atoms with van der Waals surface area (Å²) in [5, 5.41) is 0. The molecule has 0 bridgehead atoms. The molecule has 0 unspecified atom stereocenters. The van der Waals surface area contributed by atoms with Gasteiger partial charge < -0.3 is 37.2 Å². The molecule has 0 radical (unpaired) electrons. The van der Waals surface area contributed by atoms with E-state index in [1.807, 2.05) is 0 Å². The third-order valence-electron chi connectivity index (χ3n) is 4.44. The van der Waals surface area contributed by atoms with Crippen LogP contribution in [0.2, 0.25) is 0 Å². The Morgan fingerprint density at radius 1 is 0.885 bits per heavy atom. The quantitative estimate of drug-likeness (QED) is 0.349. The maximum atomic E-state index is 3.46. The summed E-state index contributed by atoms with van der Waals surface area (Å²) in [4.78, 5) is 0. The smallest absolute Gasteiger partial charge is 1.00 e. The molecule has 3 rings (SSSR count). The van der Waals surface area contributed by atoms with Crippen LogP contribution in [0.4, 0.5) is 0 Å². The van der Waals surface area contributed by atoms with E-state index in [0.29, 0.717) is 5.92 Å². The number of rotatable bonds is 4. The van der Waals surface area contributed by atoms with E-state index in [-0.39, 0.29) is 58.9 Å². The Labute approximate surface area is 191 Å². The van der Waals surface area contributed by atoms with Crippen molar-refractivity contribution in [1.82, 2.24) is 0 Å². The molecule has 2 aromatic carbocycles. The number of aryl methyl sites for hydroxylation is 2. The van der Waals surface area contributed by atoms with Gasteiger partial charge in [0.1, 0.15) is 0 Å². The van der Waals surface area contributed by atoms with Gasteiger partial charge in [0, 0.05) is 0 Å². The Kier molecular flexibility index (Phi) is 13.7. The van der Waals surface area contributed by atoms with Gasteiger partial charge in [0.25, 0.3) is 0 Å². The summed E-state index contributed by atoms with van der Waals surface area (Å²) in [7, 11) is 0. The topological polar surface area (TPSA) is 0 Å². The second-order valence-electron chi connectivity index (χ2n) is 6.17. The first kappa shape index (κ1) is 27.7. The van der Waals surface area contributed by atoms with Gasteiger partial charge in [0.2, 0.25) is 0 Å². The average Bonchev–Trinajstić information content (AvgIpc) is 2.96. The van der Waals surface area contributed by atoms with Crippen LogP contribution in [0.1, 0.15) is 47.9 Å². The first-order chi connectivity index (χ1) is 10.7. The molecule has 0 aromatic heterocycles. The van der Waals surface area contributed by atoms with E-state index in [9.17, 15) is 0 Å². The summed E-state index contributed by atoms with van der Waals surface area (Å²) in [6.07, 6.45) is 7.73. The number of halogens is 3. The SMILES string of the molecule is CCC1=C(C(c2cccc(C)c2)c2cccc(C)c2)CC=[C-]1.[Cl-].[Cl-].[Cl-].[Ti+4]. The van der Waals surface area contributed by atoms with Crippen molar-refractivity contribution >= 4 is 0 Å². The van der Waals surface area contributed by atoms with Crippen LogP contribution in [0.5, 0.6) is 0 Å². The van der Waals surface area contributed by atoms with Gasteiger partial charge in [-0.05, 0) is 19.8 Å². The van der Waals surface area contributed by atoms with Gasteiger partial charge in [-0.1, -0.05) is 90.6 Å². The van der Waals surface area contributed by atoms with Crippen molar-refractivity contribution in [3.63, 3.8) is 0 Å². The summed E-state index contributed by atoms with van der Waals surface area (Å²) in [5.41, 5.74) is 8.33. The van der Waals surface area contributed by atoms with Crippen LogP contribution in [-0.2, 0) is 21.7 Å². The van der Waals surface area contributed by atoms with Gasteiger partial charge in [-0.2, -0.15) is 11.6 Å². The molecule has 1 aliphatic carbocycles. The minimum atomic E-state index is 0. The zero-order valence-corrected chi connectivity index (χ0v) is 19.2. The van der Waals surface area contributed by atoms with E-state index in [1.54, 1.807) is 0 Å². The third kappa shape index (κ3) is 6.29. The van der Waals surface area contributed by atoms with Gasteiger partial charge in [-0.25, -0.2) is 5.57 Å². The summed E-state index contributed by atoms with van der Waals surface area (Å²) >= 11 is 0. The Hall–Kier alpha value is -0.496. The van der Waals surface area contributed by atoms with Crippen molar-refractivity contribution in [2.75, 3.05) is 0 Å². The molecule has 4 heteroatoms. The minimum Gasteiger partial charge on any atom is -1.00 e. The molecule has 0 saturated carbocycles. The summed E-state index contributed by atoms with van der Waals surface area (Å²) in [6, 6.07) is 17.9. The molecular weight excluding hydrogens is 418 g/mol. The van der Waals surface area contributed by atoms with E-state index in [4.69, 9.17) is 0 Å². The molecule has 26 heavy (non-hydrogen) atoms. The summed E-state index contributed by atoms with van der Waals surface area (Å²) < 4.78 is 0. The molecule has 0 spiro atoms. The van der Waals surface area contributed by atoms with Gasteiger partial charge in [-0.3, -0.25) is 6.08 Å². The van der Waals surface area contributed by atoms with E-state index in [0.717, 1.165) is 12.8 Å². The maximum Gasteiger partial charge on any atom is 4.00 e. The standard InChI is InChI=1S/C22H23.3ClH.Ti/c1-4-18-10-7-13-21(18)22(19-11-5-8-16(2)14-19)20-12-6-9-17(3)15-20;;;;/h5-9,11-12,14-15,22H,4,13H2,1-3H3;3*1H;/q-1;;;;+4/p-3. The molecule has 0 amide bonds. The van der Waals surface area contributed by atoms with Gasteiger partial charge >= 0.3 is 21.7 Å². The monoisotopic (exact) mass is 440 g/mol. The number of benzene rings is 2. The molecule has 0 atom stereocenters. The second-order valence-corrected chi connectivity index (χ2v) is 6.17. The van der Waals surface area contributed by atoms with Crippen LogP contribution in [0.3, 0.4) is 0 Å². The first-order valence-corrected chi connectivity index (χ1v) is 8.12. The van der Waals surface area contributed by atoms with Crippen LogP contribution >= 0.6 is 0 Å². The van der Waals surface area contributed by atoms with Crippen LogP contribution in [0.15, 0.2) is 65.8 Å². The summed E-state index contributed by atoms with van der Waals surface area (Å²) in [6.45, 7) is 6.57. The normalized spacial score (nSPS) is 12.0. The molecule has 2 aromatic rings. The molecule has 0 fully saturated rings. The molecule has 136 valence electrons. The van der Waals surface area contributed by atoms with Gasteiger partial charge in [0.15, 0.2) is 0 Å². The number of hydrogen-bond acceptors (Lipinski definition) is 0. The fourth-order valence-corrected chi connectivity index (χ4v) is 3.42. The van der Waals surface area contributed by atoms with Crippen LogP contribution < -0.4 is 37.2 Å². The third-order valence-corrected chi connectivity index (χ3v) is 4.44. The molecule has 1 aliphatic rings. The zero-order chi connectivity index (χ0) is 15.5. The van der Waals surface area contributed by atoms with E-state index in [1.165, 1.54) is 33.4 Å². The predicted molar refractivity (Wildman–Crippen MR) is 93.9 cm³/mol. The van der Waals surface area contributed by atoms with Crippen molar-refractivity contribution < 1.29 is 58.9 Å². The molecule has 0 heterocycles. The Morgan fingerprint density at radius 3 is 1.81 bits per heavy atom. The van der Waals surface area contributed by atoms with Crippen molar-refractivity contribution in [1.29, 1.82) is 0 Å². The van der Waals surface area contributed by atoms with Crippen LogP contribution in [-0.4, -0.2) is 0 Å². The van der Waals surface area contributed by atoms with Crippen molar-refractivity contribution in [2.24, 2.45) is 0 Å². The van der Waals surface area contributed by atoms with E-state index >= 15 is 0 Å². The van der Waals surface area contributed by atoms with Crippen LogP contribution in [0, 0.1) is 19.9 Å². The van der Waals surface area contributed by atoms with Gasteiger partial charge in [0.05, 0.1) is 0 Å². The molecule has 0 saturated heterocycles. The molecular formula is C22H23Cl3Ti. The van der Waals surface area contributed by atoms with Crippen LogP contribution in [0.25, 0.3) is 0 Å². The first-order valence-electron chi connectivity index (χ1n) is 8.12. The Bertz CT molecular complexity index is 705. The molecule has 0 aliphatic heterocycles. The zero-order valence-electron chi connectivity index (χ0n) is 15.3. The van der Waals surface area contributed by atoms with Crippen molar-refractivity contribution in [2.45, 2.75) is 39.5 Å². The Balaban J connectivity index is 0. The fraction of sp³-hybridized carbons (Fsp3) is 0.273. The van der Waals surface area contributed by atoms with E-state index in [2.05, 4.69) is 81.5 Å². The number of hydrogen-bond donors (Lipinski definition) is 0. The number of allylic oxidation sites excluding steroid dienone is 4. The van der Waals surface area contributed by atoms with E-state index < -0.39 is 0 Å². The predicted octanol–water partition coefficient (Wildman–Crippen LogP) is -3.09. The Morgan fingerprint density at radius 2 is 1.38 bits per heavy atom. The van der Waals surface area contributed by atoms with Crippen molar-refractivity contribution in [3.05, 3.63) is 94.1 Å². The summed E-state index contributed by atoms with van der Waals surface area (Å²) in [5.74, 6) is 0.348. The second kappa shape index (κ2) is 12.8.